The van der Waals surface area contributed by atoms with E-state index in [1.165, 1.54) is 12.3 Å². The average Bonchev–Trinajstić information content (AvgIpc) is 2.08. The summed E-state index contributed by atoms with van der Waals surface area (Å²) in [7, 11) is 0. The number of aliphatic imine (C=N–C) groups is 1. The van der Waals surface area contributed by atoms with Gasteiger partial charge in [-0.25, -0.2) is 4.39 Å². The fourth-order valence-corrected chi connectivity index (χ4v) is 0.822. The Morgan fingerprint density at radius 3 is 2.85 bits per heavy atom. The van der Waals surface area contributed by atoms with Gasteiger partial charge < -0.3 is 5.73 Å². The van der Waals surface area contributed by atoms with E-state index >= 15 is 0 Å². The molecule has 68 valence electrons. The maximum Gasteiger partial charge on any atom is 0.131 e. The number of amidine groups is 1. The Balaban J connectivity index is 2.68. The quantitative estimate of drug-likeness (QED) is 0.531. The summed E-state index contributed by atoms with van der Waals surface area (Å²) < 4.78 is 12.9. The molecule has 0 aliphatic carbocycles. The lowest BCUT2D eigenvalue weighted by Gasteiger charge is -1.94. The van der Waals surface area contributed by atoms with Crippen molar-refractivity contribution >= 4 is 12.1 Å². The lowest BCUT2D eigenvalue weighted by molar-refractivity contribution is 0.626. The monoisotopic (exact) mass is 179 g/mol. The second kappa shape index (κ2) is 4.35. The van der Waals surface area contributed by atoms with Crippen molar-refractivity contribution in [1.82, 2.24) is 0 Å². The van der Waals surface area contributed by atoms with Crippen LogP contribution in [0.15, 0.2) is 29.3 Å². The molecule has 0 spiro atoms. The molecule has 0 atom stereocenters. The van der Waals surface area contributed by atoms with Gasteiger partial charge in [0.05, 0.1) is 6.54 Å². The van der Waals surface area contributed by atoms with Crippen molar-refractivity contribution in [3.63, 3.8) is 0 Å². The Bertz CT molecular complexity index is 333. The summed E-state index contributed by atoms with van der Waals surface area (Å²) in [4.78, 5) is 3.79. The van der Waals surface area contributed by atoms with E-state index in [1.54, 1.807) is 18.2 Å². The summed E-state index contributed by atoms with van der Waals surface area (Å²) in [5, 5.41) is 6.88. The minimum atomic E-state index is -0.324. The van der Waals surface area contributed by atoms with Crippen LogP contribution in [-0.4, -0.2) is 18.6 Å². The molecule has 0 aromatic heterocycles. The maximum absolute atomic E-state index is 12.9. The van der Waals surface area contributed by atoms with Crippen LogP contribution >= 0.6 is 0 Å². The van der Waals surface area contributed by atoms with Crippen molar-refractivity contribution in [2.24, 2.45) is 10.7 Å². The molecular weight excluding hydrogens is 169 g/mol. The van der Waals surface area contributed by atoms with Gasteiger partial charge in [0.25, 0.3) is 0 Å². The van der Waals surface area contributed by atoms with E-state index in [2.05, 4.69) is 4.99 Å². The van der Waals surface area contributed by atoms with Gasteiger partial charge >= 0.3 is 0 Å². The van der Waals surface area contributed by atoms with Gasteiger partial charge in [-0.1, -0.05) is 18.2 Å². The van der Waals surface area contributed by atoms with Crippen molar-refractivity contribution in [2.75, 3.05) is 6.54 Å². The lowest BCUT2D eigenvalue weighted by Crippen LogP contribution is -2.13. The number of nitrogens with one attached hydrogen (secondary N) is 1. The van der Waals surface area contributed by atoms with Gasteiger partial charge in [-0.05, 0) is 6.07 Å². The number of hydrogen-bond acceptors (Lipinski definition) is 2. The number of benzene rings is 1. The smallest absolute Gasteiger partial charge is 0.131 e. The highest BCUT2D eigenvalue weighted by atomic mass is 19.1. The zero-order chi connectivity index (χ0) is 9.68. The van der Waals surface area contributed by atoms with Gasteiger partial charge in [0.1, 0.15) is 11.7 Å². The third-order valence-electron chi connectivity index (χ3n) is 1.40. The molecule has 0 aliphatic heterocycles. The molecule has 0 aliphatic rings. The third kappa shape index (κ3) is 3.02. The Morgan fingerprint density at radius 2 is 2.23 bits per heavy atom. The minimum Gasteiger partial charge on any atom is -0.386 e. The lowest BCUT2D eigenvalue weighted by atomic mass is 10.2. The van der Waals surface area contributed by atoms with Crippen molar-refractivity contribution in [2.45, 2.75) is 0 Å². The highest BCUT2D eigenvalue weighted by Gasteiger charge is 1.94. The normalized spacial score (nSPS) is 10.5. The molecular formula is C9H10FN3. The van der Waals surface area contributed by atoms with Crippen LogP contribution in [0.4, 0.5) is 4.39 Å². The molecule has 0 saturated heterocycles. The van der Waals surface area contributed by atoms with Gasteiger partial charge in [-0.3, -0.25) is 10.4 Å². The summed E-state index contributed by atoms with van der Waals surface area (Å²) in [5.41, 5.74) is 5.48. The Labute approximate surface area is 75.6 Å². The van der Waals surface area contributed by atoms with E-state index in [0.717, 1.165) is 0 Å². The standard InChI is InChI=1S/C9H10FN3/c10-8-4-2-1-3-7(8)5-13-6-9(11)12/h1-5H,6H2,(H3,11,12). The van der Waals surface area contributed by atoms with Crippen LogP contribution in [0.1, 0.15) is 5.56 Å². The molecule has 0 unspecified atom stereocenters. The summed E-state index contributed by atoms with van der Waals surface area (Å²) in [5.74, 6) is -0.359. The first kappa shape index (κ1) is 9.38. The van der Waals surface area contributed by atoms with Gasteiger partial charge in [0.15, 0.2) is 0 Å². The van der Waals surface area contributed by atoms with E-state index in [-0.39, 0.29) is 18.2 Å². The van der Waals surface area contributed by atoms with Crippen molar-refractivity contribution in [3.8, 4) is 0 Å². The molecule has 0 bridgehead atoms. The zero-order valence-electron chi connectivity index (χ0n) is 7.00. The first-order chi connectivity index (χ1) is 6.20. The van der Waals surface area contributed by atoms with Gasteiger partial charge in [0.2, 0.25) is 0 Å². The summed E-state index contributed by atoms with van der Waals surface area (Å²) >= 11 is 0. The summed E-state index contributed by atoms with van der Waals surface area (Å²) in [6.07, 6.45) is 1.37. The maximum atomic E-state index is 12.9. The SMILES string of the molecule is N=C(N)CN=Cc1ccccc1F. The van der Waals surface area contributed by atoms with Gasteiger partial charge in [0, 0.05) is 11.8 Å². The Kier molecular flexibility index (Phi) is 3.14. The van der Waals surface area contributed by atoms with Gasteiger partial charge in [-0.2, -0.15) is 0 Å². The highest BCUT2D eigenvalue weighted by molar-refractivity contribution is 5.84. The molecule has 3 nitrogen and oxygen atoms in total. The third-order valence-corrected chi connectivity index (χ3v) is 1.40. The Hall–Kier alpha value is -1.71. The van der Waals surface area contributed by atoms with E-state index in [9.17, 15) is 4.39 Å². The number of halogens is 1. The molecule has 1 rings (SSSR count). The molecule has 1 aromatic rings. The predicted octanol–water partition coefficient (Wildman–Crippen LogP) is 1.18. The zero-order valence-corrected chi connectivity index (χ0v) is 7.00. The first-order valence-electron chi connectivity index (χ1n) is 3.77. The molecule has 0 heterocycles. The van der Waals surface area contributed by atoms with Crippen molar-refractivity contribution in [1.29, 1.82) is 5.41 Å². The number of rotatable bonds is 3. The summed E-state index contributed by atoms with van der Waals surface area (Å²) in [6.45, 7) is 0.105. The fraction of sp³-hybridized carbons (Fsp3) is 0.111. The van der Waals surface area contributed by atoms with Crippen LogP contribution < -0.4 is 5.73 Å². The number of hydrogen-bond donors (Lipinski definition) is 2. The second-order valence-electron chi connectivity index (χ2n) is 2.52. The molecule has 13 heavy (non-hydrogen) atoms. The molecule has 0 saturated carbocycles. The summed E-state index contributed by atoms with van der Waals surface area (Å²) in [6, 6.07) is 6.30. The molecule has 3 N–H and O–H groups in total. The van der Waals surface area contributed by atoms with Crippen LogP contribution in [-0.2, 0) is 0 Å². The number of nitrogens with zero attached hydrogens (tertiary/aromatic N) is 1. The highest BCUT2D eigenvalue weighted by Crippen LogP contribution is 2.02. The van der Waals surface area contributed by atoms with Crippen LogP contribution in [0.2, 0.25) is 0 Å². The number of nitrogens with two attached hydrogens (primary N) is 1. The van der Waals surface area contributed by atoms with E-state index in [0.29, 0.717) is 5.56 Å². The second-order valence-corrected chi connectivity index (χ2v) is 2.52. The van der Waals surface area contributed by atoms with Gasteiger partial charge in [-0.15, -0.1) is 0 Å². The van der Waals surface area contributed by atoms with E-state index in [4.69, 9.17) is 11.1 Å². The van der Waals surface area contributed by atoms with Crippen LogP contribution in [0, 0.1) is 11.2 Å². The predicted molar refractivity (Wildman–Crippen MR) is 50.8 cm³/mol. The van der Waals surface area contributed by atoms with Crippen LogP contribution in [0.5, 0.6) is 0 Å². The molecule has 4 heteroatoms. The molecule has 1 aromatic carbocycles. The molecule has 0 radical (unpaired) electrons. The van der Waals surface area contributed by atoms with Crippen LogP contribution in [0.3, 0.4) is 0 Å². The largest absolute Gasteiger partial charge is 0.386 e. The Morgan fingerprint density at radius 1 is 1.54 bits per heavy atom. The first-order valence-corrected chi connectivity index (χ1v) is 3.77. The molecule has 0 fully saturated rings. The van der Waals surface area contributed by atoms with Crippen LogP contribution in [0.25, 0.3) is 0 Å². The van der Waals surface area contributed by atoms with Crippen molar-refractivity contribution in [3.05, 3.63) is 35.6 Å². The molecule has 0 amide bonds. The minimum absolute atomic E-state index is 0.0346. The van der Waals surface area contributed by atoms with E-state index in [1.807, 2.05) is 0 Å². The van der Waals surface area contributed by atoms with Crippen molar-refractivity contribution < 1.29 is 4.39 Å². The van der Waals surface area contributed by atoms with E-state index < -0.39 is 0 Å². The topological polar surface area (TPSA) is 62.2 Å². The fourth-order valence-electron chi connectivity index (χ4n) is 0.822. The average molecular weight is 179 g/mol.